The highest BCUT2D eigenvalue weighted by atomic mass is 32.1. The van der Waals surface area contributed by atoms with E-state index in [1.165, 1.54) is 4.70 Å². The van der Waals surface area contributed by atoms with Crippen LogP contribution in [-0.4, -0.2) is 38.1 Å². The molecule has 0 bridgehead atoms. The molecule has 0 unspecified atom stereocenters. The number of aliphatic hydroxyl groups is 2. The summed E-state index contributed by atoms with van der Waals surface area (Å²) in [5, 5.41) is 24.3. The molecule has 120 valence electrons. The minimum atomic E-state index is -0.912. The van der Waals surface area contributed by atoms with Crippen molar-refractivity contribution in [2.24, 2.45) is 0 Å². The maximum absolute atomic E-state index is 9.78. The third-order valence-electron chi connectivity index (χ3n) is 4.10. The van der Waals surface area contributed by atoms with Crippen LogP contribution in [0.4, 0.5) is 5.13 Å². The number of nitrogens with zero attached hydrogens (tertiary/aromatic N) is 4. The summed E-state index contributed by atoms with van der Waals surface area (Å²) in [5.74, 6) is 0. The lowest BCUT2D eigenvalue weighted by molar-refractivity contribution is 0.0916. The van der Waals surface area contributed by atoms with Crippen LogP contribution in [0.25, 0.3) is 10.2 Å². The smallest absolute Gasteiger partial charge is 0.186 e. The van der Waals surface area contributed by atoms with E-state index in [4.69, 9.17) is 10.1 Å². The fourth-order valence-electron chi connectivity index (χ4n) is 2.90. The van der Waals surface area contributed by atoms with E-state index in [0.717, 1.165) is 35.9 Å². The standard InChI is InChI=1S/C16H18N4O2S/c21-10-14(22)13-8-11-9-19(6-3-7-20(11)18-13)16-17-12-4-1-2-5-15(12)23-16/h1-2,4-5,8,14,21-22H,3,6-7,9-10H2/t14-/m0/s1. The Morgan fingerprint density at radius 1 is 1.26 bits per heavy atom. The van der Waals surface area contributed by atoms with E-state index >= 15 is 0 Å². The molecule has 0 saturated heterocycles. The number of fused-ring (bicyclic) bond motifs is 2. The zero-order valence-corrected chi connectivity index (χ0v) is 13.4. The third-order valence-corrected chi connectivity index (χ3v) is 5.20. The molecule has 23 heavy (non-hydrogen) atoms. The normalized spacial score (nSPS) is 16.3. The van der Waals surface area contributed by atoms with Gasteiger partial charge in [0.25, 0.3) is 0 Å². The Hall–Kier alpha value is -1.96. The highest BCUT2D eigenvalue weighted by Gasteiger charge is 2.21. The van der Waals surface area contributed by atoms with E-state index in [0.29, 0.717) is 12.2 Å². The molecule has 1 atom stereocenters. The molecule has 3 aromatic rings. The minimum absolute atomic E-state index is 0.308. The molecule has 3 heterocycles. The molecule has 6 nitrogen and oxygen atoms in total. The molecule has 0 fully saturated rings. The lowest BCUT2D eigenvalue weighted by Crippen LogP contribution is -2.22. The van der Waals surface area contributed by atoms with Gasteiger partial charge in [-0.15, -0.1) is 0 Å². The second-order valence-corrected chi connectivity index (χ2v) is 6.73. The maximum atomic E-state index is 9.78. The molecule has 1 aliphatic heterocycles. The van der Waals surface area contributed by atoms with E-state index < -0.39 is 6.10 Å². The molecule has 0 radical (unpaired) electrons. The summed E-state index contributed by atoms with van der Waals surface area (Å²) in [6.07, 6.45) is 0.0598. The second kappa shape index (κ2) is 5.92. The summed E-state index contributed by atoms with van der Waals surface area (Å²) < 4.78 is 3.12. The average molecular weight is 330 g/mol. The van der Waals surface area contributed by atoms with Crippen molar-refractivity contribution in [2.75, 3.05) is 18.1 Å². The van der Waals surface area contributed by atoms with E-state index in [1.54, 1.807) is 11.3 Å². The number of anilines is 1. The molecule has 7 heteroatoms. The van der Waals surface area contributed by atoms with Gasteiger partial charge in [-0.2, -0.15) is 5.10 Å². The lowest BCUT2D eigenvalue weighted by Gasteiger charge is -2.18. The number of aromatic nitrogens is 3. The van der Waals surface area contributed by atoms with Gasteiger partial charge in [0, 0.05) is 13.1 Å². The molecule has 0 aliphatic carbocycles. The SMILES string of the molecule is OC[C@H](O)c1cc2n(n1)CCCN(c1nc3ccccc3s1)C2. The van der Waals surface area contributed by atoms with Gasteiger partial charge in [0.1, 0.15) is 6.10 Å². The topological polar surface area (TPSA) is 74.4 Å². The first kappa shape index (κ1) is 14.6. The largest absolute Gasteiger partial charge is 0.393 e. The number of para-hydroxylation sites is 1. The van der Waals surface area contributed by atoms with Crippen molar-refractivity contribution in [3.63, 3.8) is 0 Å². The van der Waals surface area contributed by atoms with Crippen molar-refractivity contribution in [3.8, 4) is 0 Å². The summed E-state index contributed by atoms with van der Waals surface area (Å²) in [4.78, 5) is 7.00. The number of aryl methyl sites for hydroxylation is 1. The lowest BCUT2D eigenvalue weighted by atomic mass is 10.2. The number of benzene rings is 1. The van der Waals surface area contributed by atoms with Crippen LogP contribution < -0.4 is 4.90 Å². The quantitative estimate of drug-likeness (QED) is 0.767. The summed E-state index contributed by atoms with van der Waals surface area (Å²) >= 11 is 1.70. The van der Waals surface area contributed by atoms with Gasteiger partial charge in [0.15, 0.2) is 5.13 Å². The van der Waals surface area contributed by atoms with Crippen molar-refractivity contribution >= 4 is 26.7 Å². The Bertz CT molecular complexity index is 795. The Morgan fingerprint density at radius 3 is 2.96 bits per heavy atom. The van der Waals surface area contributed by atoms with Crippen LogP contribution in [0.1, 0.15) is 23.9 Å². The Kier molecular flexibility index (Phi) is 3.76. The van der Waals surface area contributed by atoms with Crippen LogP contribution in [-0.2, 0) is 13.1 Å². The molecular formula is C16H18N4O2S. The first-order valence-corrected chi connectivity index (χ1v) is 8.52. The van der Waals surface area contributed by atoms with Crippen molar-refractivity contribution in [1.82, 2.24) is 14.8 Å². The van der Waals surface area contributed by atoms with Crippen molar-refractivity contribution in [3.05, 3.63) is 41.7 Å². The maximum Gasteiger partial charge on any atom is 0.186 e. The molecule has 2 aromatic heterocycles. The van der Waals surface area contributed by atoms with E-state index in [-0.39, 0.29) is 6.61 Å². The average Bonchev–Trinajstić information content (AvgIpc) is 3.13. The number of thiazole rings is 1. The molecular weight excluding hydrogens is 312 g/mol. The van der Waals surface area contributed by atoms with E-state index in [1.807, 2.05) is 28.9 Å². The van der Waals surface area contributed by atoms with E-state index in [9.17, 15) is 5.11 Å². The van der Waals surface area contributed by atoms with Crippen LogP contribution in [0.5, 0.6) is 0 Å². The zero-order valence-electron chi connectivity index (χ0n) is 12.6. The zero-order chi connectivity index (χ0) is 15.8. The number of hydrogen-bond acceptors (Lipinski definition) is 6. The highest BCUT2D eigenvalue weighted by Crippen LogP contribution is 2.30. The Morgan fingerprint density at radius 2 is 2.13 bits per heavy atom. The fraction of sp³-hybridized carbons (Fsp3) is 0.375. The summed E-state index contributed by atoms with van der Waals surface area (Å²) in [6, 6.07) is 10.0. The Balaban J connectivity index is 1.64. The van der Waals surface area contributed by atoms with Gasteiger partial charge in [-0.1, -0.05) is 23.5 Å². The van der Waals surface area contributed by atoms with Crippen LogP contribution in [0.3, 0.4) is 0 Å². The third kappa shape index (κ3) is 2.71. The molecule has 4 rings (SSSR count). The molecule has 0 spiro atoms. The summed E-state index contributed by atoms with van der Waals surface area (Å²) in [7, 11) is 0. The van der Waals surface area contributed by atoms with Crippen LogP contribution in [0.15, 0.2) is 30.3 Å². The van der Waals surface area contributed by atoms with Crippen molar-refractivity contribution < 1.29 is 10.2 Å². The summed E-state index contributed by atoms with van der Waals surface area (Å²) in [6.45, 7) is 2.15. The molecule has 1 aromatic carbocycles. The van der Waals surface area contributed by atoms with Crippen LogP contribution in [0.2, 0.25) is 0 Å². The number of aliphatic hydroxyl groups excluding tert-OH is 2. The van der Waals surface area contributed by atoms with Crippen LogP contribution in [0, 0.1) is 0 Å². The van der Waals surface area contributed by atoms with Gasteiger partial charge < -0.3 is 15.1 Å². The van der Waals surface area contributed by atoms with Crippen molar-refractivity contribution in [1.29, 1.82) is 0 Å². The predicted octanol–water partition coefficient (Wildman–Crippen LogP) is 1.93. The first-order chi connectivity index (χ1) is 11.2. The van der Waals surface area contributed by atoms with Gasteiger partial charge in [-0.25, -0.2) is 4.98 Å². The van der Waals surface area contributed by atoms with Gasteiger partial charge in [-0.05, 0) is 24.6 Å². The van der Waals surface area contributed by atoms with Crippen LogP contribution >= 0.6 is 11.3 Å². The number of hydrogen-bond donors (Lipinski definition) is 2. The van der Waals surface area contributed by atoms with Gasteiger partial charge >= 0.3 is 0 Å². The van der Waals surface area contributed by atoms with Gasteiger partial charge in [-0.3, -0.25) is 4.68 Å². The van der Waals surface area contributed by atoms with Gasteiger partial charge in [0.2, 0.25) is 0 Å². The molecule has 0 saturated carbocycles. The molecule has 0 amide bonds. The highest BCUT2D eigenvalue weighted by molar-refractivity contribution is 7.22. The molecule has 2 N–H and O–H groups in total. The number of rotatable bonds is 3. The predicted molar refractivity (Wildman–Crippen MR) is 89.6 cm³/mol. The monoisotopic (exact) mass is 330 g/mol. The second-order valence-electron chi connectivity index (χ2n) is 5.72. The Labute approximate surface area is 137 Å². The van der Waals surface area contributed by atoms with Gasteiger partial charge in [0.05, 0.1) is 34.8 Å². The minimum Gasteiger partial charge on any atom is -0.393 e. The summed E-state index contributed by atoms with van der Waals surface area (Å²) in [5.41, 5.74) is 2.61. The fourth-order valence-corrected chi connectivity index (χ4v) is 3.89. The molecule has 1 aliphatic rings. The van der Waals surface area contributed by atoms with Crippen molar-refractivity contribution in [2.45, 2.75) is 25.6 Å². The van der Waals surface area contributed by atoms with E-state index in [2.05, 4.69) is 16.1 Å². The first-order valence-electron chi connectivity index (χ1n) is 7.70.